The van der Waals surface area contributed by atoms with Crippen LogP contribution < -0.4 is 5.73 Å². The number of hydrogen-bond acceptors (Lipinski definition) is 3. The van der Waals surface area contributed by atoms with Crippen LogP contribution in [0.1, 0.15) is 56.9 Å². The summed E-state index contributed by atoms with van der Waals surface area (Å²) in [6.07, 6.45) is 6.01. The summed E-state index contributed by atoms with van der Waals surface area (Å²) in [4.78, 5) is 1.26. The zero-order valence-electron chi connectivity index (χ0n) is 11.0. The van der Waals surface area contributed by atoms with Crippen molar-refractivity contribution < 1.29 is 4.74 Å². The topological polar surface area (TPSA) is 35.2 Å². The highest BCUT2D eigenvalue weighted by Crippen LogP contribution is 2.26. The molecule has 0 saturated carbocycles. The lowest BCUT2D eigenvalue weighted by Crippen LogP contribution is -2.29. The molecular weight excluding hydrogens is 230 g/mol. The molecule has 1 aromatic rings. The number of nitrogens with two attached hydrogens (primary N) is 1. The average molecular weight is 255 g/mol. The van der Waals surface area contributed by atoms with Crippen molar-refractivity contribution in [1.82, 2.24) is 0 Å². The van der Waals surface area contributed by atoms with Crippen molar-refractivity contribution in [2.45, 2.75) is 58.1 Å². The molecule has 0 spiro atoms. The number of ether oxygens (including phenoxy) is 1. The standard InChI is InChI=1S/C14H25NOS/c1-3-5-6-7-10-16-14(12(15)4-2)13-9-8-11-17-13/h8-9,11-12,14H,3-7,10,15H2,1-2H3. The van der Waals surface area contributed by atoms with E-state index < -0.39 is 0 Å². The lowest BCUT2D eigenvalue weighted by molar-refractivity contribution is 0.0335. The first-order chi connectivity index (χ1) is 8.29. The molecule has 0 aliphatic rings. The van der Waals surface area contributed by atoms with E-state index in [-0.39, 0.29) is 12.1 Å². The molecule has 17 heavy (non-hydrogen) atoms. The van der Waals surface area contributed by atoms with Crippen LogP contribution >= 0.6 is 11.3 Å². The Morgan fingerprint density at radius 2 is 2.12 bits per heavy atom. The highest BCUT2D eigenvalue weighted by Gasteiger charge is 2.19. The number of hydrogen-bond donors (Lipinski definition) is 1. The monoisotopic (exact) mass is 255 g/mol. The number of unbranched alkanes of at least 4 members (excludes halogenated alkanes) is 3. The Morgan fingerprint density at radius 1 is 1.29 bits per heavy atom. The van der Waals surface area contributed by atoms with Gasteiger partial charge in [-0.3, -0.25) is 0 Å². The smallest absolute Gasteiger partial charge is 0.107 e. The van der Waals surface area contributed by atoms with E-state index in [4.69, 9.17) is 10.5 Å². The first-order valence-electron chi connectivity index (χ1n) is 6.70. The molecule has 0 aliphatic carbocycles. The fourth-order valence-corrected chi connectivity index (χ4v) is 2.67. The fourth-order valence-electron chi connectivity index (χ4n) is 1.82. The van der Waals surface area contributed by atoms with Crippen LogP contribution in [0.2, 0.25) is 0 Å². The SMILES string of the molecule is CCCCCCOC(c1cccs1)C(N)CC. The molecule has 1 rings (SSSR count). The van der Waals surface area contributed by atoms with Gasteiger partial charge in [-0.1, -0.05) is 39.2 Å². The number of thiophene rings is 1. The second-order valence-electron chi connectivity index (χ2n) is 4.44. The summed E-state index contributed by atoms with van der Waals surface area (Å²) in [5.41, 5.74) is 6.13. The zero-order valence-corrected chi connectivity index (χ0v) is 11.8. The Hall–Kier alpha value is -0.380. The molecule has 0 aliphatic heterocycles. The molecule has 0 aromatic carbocycles. The quantitative estimate of drug-likeness (QED) is 0.674. The molecule has 1 aromatic heterocycles. The van der Waals surface area contributed by atoms with Crippen molar-refractivity contribution >= 4 is 11.3 Å². The molecule has 0 amide bonds. The summed E-state index contributed by atoms with van der Waals surface area (Å²) in [5.74, 6) is 0. The molecule has 0 saturated heterocycles. The largest absolute Gasteiger partial charge is 0.371 e. The Labute approximate surface area is 109 Å². The molecule has 2 N–H and O–H groups in total. The maximum atomic E-state index is 6.13. The van der Waals surface area contributed by atoms with Crippen molar-refractivity contribution in [3.8, 4) is 0 Å². The Kier molecular flexibility index (Phi) is 7.49. The lowest BCUT2D eigenvalue weighted by atomic mass is 10.1. The van der Waals surface area contributed by atoms with Gasteiger partial charge in [-0.2, -0.15) is 0 Å². The Bertz CT molecular complexity index is 274. The molecule has 2 nitrogen and oxygen atoms in total. The van der Waals surface area contributed by atoms with E-state index in [1.807, 2.05) is 0 Å². The molecular formula is C14H25NOS. The molecule has 2 atom stereocenters. The fraction of sp³-hybridized carbons (Fsp3) is 0.714. The molecule has 98 valence electrons. The van der Waals surface area contributed by atoms with Gasteiger partial charge in [0.05, 0.1) is 0 Å². The average Bonchev–Trinajstić information content (AvgIpc) is 2.86. The first kappa shape index (κ1) is 14.7. The third kappa shape index (κ3) is 5.19. The molecule has 3 heteroatoms. The van der Waals surface area contributed by atoms with Gasteiger partial charge in [-0.25, -0.2) is 0 Å². The van der Waals surface area contributed by atoms with Crippen LogP contribution in [0.3, 0.4) is 0 Å². The highest BCUT2D eigenvalue weighted by atomic mass is 32.1. The summed E-state index contributed by atoms with van der Waals surface area (Å²) in [6.45, 7) is 5.17. The second-order valence-corrected chi connectivity index (χ2v) is 5.42. The summed E-state index contributed by atoms with van der Waals surface area (Å²) < 4.78 is 5.97. The Balaban J connectivity index is 2.37. The lowest BCUT2D eigenvalue weighted by Gasteiger charge is -2.22. The molecule has 0 bridgehead atoms. The van der Waals surface area contributed by atoms with Crippen LogP contribution in [0.25, 0.3) is 0 Å². The van der Waals surface area contributed by atoms with Gasteiger partial charge in [0.1, 0.15) is 6.10 Å². The summed E-state index contributed by atoms with van der Waals surface area (Å²) in [6, 6.07) is 4.30. The number of rotatable bonds is 9. The third-order valence-electron chi connectivity index (χ3n) is 2.98. The van der Waals surface area contributed by atoms with Gasteiger partial charge in [0.25, 0.3) is 0 Å². The summed E-state index contributed by atoms with van der Waals surface area (Å²) >= 11 is 1.74. The zero-order chi connectivity index (χ0) is 12.5. The minimum Gasteiger partial charge on any atom is -0.371 e. The van der Waals surface area contributed by atoms with Gasteiger partial charge in [0.2, 0.25) is 0 Å². The van der Waals surface area contributed by atoms with Crippen molar-refractivity contribution in [1.29, 1.82) is 0 Å². The Morgan fingerprint density at radius 3 is 2.71 bits per heavy atom. The predicted octanol–water partition coefficient (Wildman–Crippen LogP) is 4.12. The molecule has 0 radical (unpaired) electrons. The first-order valence-corrected chi connectivity index (χ1v) is 7.58. The van der Waals surface area contributed by atoms with Crippen molar-refractivity contribution in [2.24, 2.45) is 5.73 Å². The van der Waals surface area contributed by atoms with E-state index in [2.05, 4.69) is 31.4 Å². The summed E-state index contributed by atoms with van der Waals surface area (Å²) in [7, 11) is 0. The van der Waals surface area contributed by atoms with Gasteiger partial charge in [-0.15, -0.1) is 11.3 Å². The van der Waals surface area contributed by atoms with Gasteiger partial charge in [0.15, 0.2) is 0 Å². The summed E-state index contributed by atoms with van der Waals surface area (Å²) in [5, 5.41) is 2.09. The van der Waals surface area contributed by atoms with E-state index >= 15 is 0 Å². The third-order valence-corrected chi connectivity index (χ3v) is 3.91. The second kappa shape index (κ2) is 8.67. The van der Waals surface area contributed by atoms with Crippen LogP contribution in [-0.2, 0) is 4.74 Å². The van der Waals surface area contributed by atoms with Crippen LogP contribution in [0.5, 0.6) is 0 Å². The molecule has 1 heterocycles. The molecule has 0 fully saturated rings. The van der Waals surface area contributed by atoms with Gasteiger partial charge in [0, 0.05) is 17.5 Å². The van der Waals surface area contributed by atoms with E-state index in [9.17, 15) is 0 Å². The van der Waals surface area contributed by atoms with E-state index in [1.165, 1.54) is 24.1 Å². The van der Waals surface area contributed by atoms with E-state index in [0.717, 1.165) is 19.4 Å². The van der Waals surface area contributed by atoms with Crippen molar-refractivity contribution in [2.75, 3.05) is 6.61 Å². The van der Waals surface area contributed by atoms with Crippen LogP contribution in [0, 0.1) is 0 Å². The normalized spacial score (nSPS) is 14.8. The minimum absolute atomic E-state index is 0.0848. The maximum absolute atomic E-state index is 6.13. The van der Waals surface area contributed by atoms with Crippen LogP contribution in [0.15, 0.2) is 17.5 Å². The predicted molar refractivity (Wildman–Crippen MR) is 75.4 cm³/mol. The van der Waals surface area contributed by atoms with Crippen molar-refractivity contribution in [3.63, 3.8) is 0 Å². The van der Waals surface area contributed by atoms with Crippen molar-refractivity contribution in [3.05, 3.63) is 22.4 Å². The van der Waals surface area contributed by atoms with Gasteiger partial charge in [-0.05, 0) is 24.3 Å². The van der Waals surface area contributed by atoms with Gasteiger partial charge >= 0.3 is 0 Å². The van der Waals surface area contributed by atoms with Crippen LogP contribution in [-0.4, -0.2) is 12.6 Å². The minimum atomic E-state index is 0.0848. The van der Waals surface area contributed by atoms with E-state index in [1.54, 1.807) is 11.3 Å². The molecule has 2 unspecified atom stereocenters. The van der Waals surface area contributed by atoms with Gasteiger partial charge < -0.3 is 10.5 Å². The maximum Gasteiger partial charge on any atom is 0.107 e. The highest BCUT2D eigenvalue weighted by molar-refractivity contribution is 7.10. The van der Waals surface area contributed by atoms with Crippen LogP contribution in [0.4, 0.5) is 0 Å². The van der Waals surface area contributed by atoms with E-state index in [0.29, 0.717) is 0 Å².